The van der Waals surface area contributed by atoms with Gasteiger partial charge >= 0.3 is 6.09 Å². The first-order valence-electron chi connectivity index (χ1n) is 6.82. The second-order valence-corrected chi connectivity index (χ2v) is 4.59. The minimum absolute atomic E-state index is 0.136. The van der Waals surface area contributed by atoms with Gasteiger partial charge in [0.15, 0.2) is 0 Å². The maximum Gasteiger partial charge on any atom is 0.407 e. The van der Waals surface area contributed by atoms with E-state index < -0.39 is 6.09 Å². The predicted octanol–water partition coefficient (Wildman–Crippen LogP) is 0.900. The van der Waals surface area contributed by atoms with Crippen molar-refractivity contribution < 1.29 is 14.3 Å². The van der Waals surface area contributed by atoms with E-state index >= 15 is 0 Å². The highest BCUT2D eigenvalue weighted by molar-refractivity contribution is 5.76. The summed E-state index contributed by atoms with van der Waals surface area (Å²) >= 11 is 0. The number of pyridine rings is 1. The van der Waals surface area contributed by atoms with Crippen LogP contribution >= 0.6 is 0 Å². The number of carbonyl (C=O) groups excluding carboxylic acids is 2. The van der Waals surface area contributed by atoms with Crippen molar-refractivity contribution in [3.8, 4) is 0 Å². The molecule has 1 aromatic heterocycles. The van der Waals surface area contributed by atoms with Gasteiger partial charge in [-0.05, 0) is 18.6 Å². The minimum Gasteiger partial charge on any atom is -0.450 e. The molecule has 116 valence electrons. The lowest BCUT2D eigenvalue weighted by Crippen LogP contribution is -2.30. The van der Waals surface area contributed by atoms with Crippen LogP contribution in [0.25, 0.3) is 0 Å². The lowest BCUT2D eigenvalue weighted by Gasteiger charge is -2.11. The third-order valence-corrected chi connectivity index (χ3v) is 2.65. The van der Waals surface area contributed by atoms with Crippen LogP contribution in [0.2, 0.25) is 0 Å². The Balaban J connectivity index is 2.25. The Kier molecular flexibility index (Phi) is 7.00. The van der Waals surface area contributed by atoms with Crippen molar-refractivity contribution in [1.82, 2.24) is 15.6 Å². The summed E-state index contributed by atoms with van der Waals surface area (Å²) in [4.78, 5) is 28.8. The maximum absolute atomic E-state index is 11.6. The van der Waals surface area contributed by atoms with Gasteiger partial charge in [0.25, 0.3) is 0 Å². The number of hydrogen-bond donors (Lipinski definition) is 2. The summed E-state index contributed by atoms with van der Waals surface area (Å²) in [6.07, 6.45) is 1.43. The van der Waals surface area contributed by atoms with E-state index in [1.165, 1.54) is 0 Å². The number of nitrogens with one attached hydrogen (secondary N) is 2. The summed E-state index contributed by atoms with van der Waals surface area (Å²) in [5, 5.41) is 5.26. The second-order valence-electron chi connectivity index (χ2n) is 4.59. The molecule has 7 heteroatoms. The fraction of sp³-hybridized carbons (Fsp3) is 0.500. The fourth-order valence-electron chi connectivity index (χ4n) is 1.54. The molecule has 0 aliphatic rings. The molecule has 1 heterocycles. The van der Waals surface area contributed by atoms with Crippen molar-refractivity contribution in [3.05, 3.63) is 23.9 Å². The molecule has 2 amide bonds. The average molecular weight is 294 g/mol. The molecule has 1 rings (SSSR count). The van der Waals surface area contributed by atoms with E-state index in [2.05, 4.69) is 20.4 Å². The van der Waals surface area contributed by atoms with Gasteiger partial charge in [-0.2, -0.15) is 0 Å². The molecule has 0 radical (unpaired) electrons. The lowest BCUT2D eigenvalue weighted by atomic mass is 10.2. The topological polar surface area (TPSA) is 83.6 Å². The fourth-order valence-corrected chi connectivity index (χ4v) is 1.54. The molecule has 0 saturated heterocycles. The monoisotopic (exact) mass is 294 g/mol. The highest BCUT2D eigenvalue weighted by atomic mass is 16.5. The number of carbonyl (C=O) groups is 2. The Morgan fingerprint density at radius 2 is 2.05 bits per heavy atom. The summed E-state index contributed by atoms with van der Waals surface area (Å²) in [7, 11) is 3.83. The van der Waals surface area contributed by atoms with Crippen molar-refractivity contribution in [2.24, 2.45) is 0 Å². The summed E-state index contributed by atoms with van der Waals surface area (Å²) in [6.45, 7) is 2.71. The SMILES string of the molecule is CCOC(=O)NCCC(=O)NCc1ccc(N(C)C)nc1. The van der Waals surface area contributed by atoms with Crippen LogP contribution < -0.4 is 15.5 Å². The Morgan fingerprint density at radius 1 is 1.29 bits per heavy atom. The molecule has 1 aromatic rings. The maximum atomic E-state index is 11.6. The molecule has 0 bridgehead atoms. The first-order valence-corrected chi connectivity index (χ1v) is 6.82. The van der Waals surface area contributed by atoms with Crippen LogP contribution in [-0.2, 0) is 16.1 Å². The number of amides is 2. The predicted molar refractivity (Wildman–Crippen MR) is 80.1 cm³/mol. The number of aromatic nitrogens is 1. The van der Waals surface area contributed by atoms with Gasteiger partial charge in [-0.15, -0.1) is 0 Å². The zero-order valence-corrected chi connectivity index (χ0v) is 12.7. The molecule has 21 heavy (non-hydrogen) atoms. The number of ether oxygens (including phenoxy) is 1. The smallest absolute Gasteiger partial charge is 0.407 e. The number of alkyl carbamates (subject to hydrolysis) is 1. The number of anilines is 1. The van der Waals surface area contributed by atoms with Gasteiger partial charge in [0.1, 0.15) is 5.82 Å². The largest absolute Gasteiger partial charge is 0.450 e. The van der Waals surface area contributed by atoms with Crippen LogP contribution in [0.4, 0.5) is 10.6 Å². The molecule has 7 nitrogen and oxygen atoms in total. The molecule has 0 atom stereocenters. The van der Waals surface area contributed by atoms with Gasteiger partial charge < -0.3 is 20.3 Å². The van der Waals surface area contributed by atoms with E-state index in [0.29, 0.717) is 13.2 Å². The van der Waals surface area contributed by atoms with Crippen LogP contribution in [0.5, 0.6) is 0 Å². The molecular formula is C14H22N4O3. The molecule has 0 fully saturated rings. The van der Waals surface area contributed by atoms with Crippen molar-refractivity contribution in [2.45, 2.75) is 19.9 Å². The van der Waals surface area contributed by atoms with E-state index in [9.17, 15) is 9.59 Å². The third kappa shape index (κ3) is 6.60. The standard InChI is InChI=1S/C14H22N4O3/c1-4-21-14(20)15-8-7-13(19)17-10-11-5-6-12(16-9-11)18(2)3/h5-6,9H,4,7-8,10H2,1-3H3,(H,15,20)(H,17,19). The Morgan fingerprint density at radius 3 is 2.62 bits per heavy atom. The van der Waals surface area contributed by atoms with Crippen LogP contribution in [0.3, 0.4) is 0 Å². The van der Waals surface area contributed by atoms with Crippen LogP contribution in [-0.4, -0.2) is 44.2 Å². The van der Waals surface area contributed by atoms with Gasteiger partial charge in [-0.25, -0.2) is 9.78 Å². The molecule has 2 N–H and O–H groups in total. The normalized spacial score (nSPS) is 9.86. The summed E-state index contributed by atoms with van der Waals surface area (Å²) in [6, 6.07) is 3.81. The molecule has 0 aliphatic heterocycles. The molecular weight excluding hydrogens is 272 g/mol. The Hall–Kier alpha value is -2.31. The van der Waals surface area contributed by atoms with Gasteiger partial charge in [-0.1, -0.05) is 6.07 Å². The molecule has 0 aromatic carbocycles. The van der Waals surface area contributed by atoms with Crippen LogP contribution in [0, 0.1) is 0 Å². The first kappa shape index (κ1) is 16.7. The number of rotatable bonds is 7. The lowest BCUT2D eigenvalue weighted by molar-refractivity contribution is -0.121. The van der Waals surface area contributed by atoms with E-state index in [0.717, 1.165) is 11.4 Å². The summed E-state index contributed by atoms with van der Waals surface area (Å²) in [5.74, 6) is 0.729. The average Bonchev–Trinajstić information content (AvgIpc) is 2.46. The van der Waals surface area contributed by atoms with Crippen molar-refractivity contribution in [1.29, 1.82) is 0 Å². The molecule has 0 aliphatic carbocycles. The second kappa shape index (κ2) is 8.78. The van der Waals surface area contributed by atoms with Crippen LogP contribution in [0.1, 0.15) is 18.9 Å². The van der Waals surface area contributed by atoms with E-state index in [1.807, 2.05) is 31.1 Å². The third-order valence-electron chi connectivity index (χ3n) is 2.65. The first-order chi connectivity index (χ1) is 10.0. The summed E-state index contributed by atoms with van der Waals surface area (Å²) < 4.78 is 4.69. The highest BCUT2D eigenvalue weighted by Crippen LogP contribution is 2.07. The minimum atomic E-state index is -0.506. The highest BCUT2D eigenvalue weighted by Gasteiger charge is 2.04. The molecule has 0 saturated carbocycles. The zero-order chi connectivity index (χ0) is 15.7. The number of hydrogen-bond acceptors (Lipinski definition) is 5. The Bertz CT molecular complexity index is 460. The summed E-state index contributed by atoms with van der Waals surface area (Å²) in [5.41, 5.74) is 0.923. The van der Waals surface area contributed by atoms with Crippen molar-refractivity contribution >= 4 is 17.8 Å². The van der Waals surface area contributed by atoms with Gasteiger partial charge in [0, 0.05) is 39.8 Å². The van der Waals surface area contributed by atoms with Crippen molar-refractivity contribution in [2.75, 3.05) is 32.1 Å². The van der Waals surface area contributed by atoms with E-state index in [4.69, 9.17) is 0 Å². The molecule has 0 unspecified atom stereocenters. The van der Waals surface area contributed by atoms with Crippen LogP contribution in [0.15, 0.2) is 18.3 Å². The van der Waals surface area contributed by atoms with E-state index in [-0.39, 0.29) is 18.9 Å². The zero-order valence-electron chi connectivity index (χ0n) is 12.7. The van der Waals surface area contributed by atoms with Crippen molar-refractivity contribution in [3.63, 3.8) is 0 Å². The van der Waals surface area contributed by atoms with Gasteiger partial charge in [0.05, 0.1) is 6.61 Å². The Labute approximate surface area is 124 Å². The van der Waals surface area contributed by atoms with Gasteiger partial charge in [0.2, 0.25) is 5.91 Å². The number of nitrogens with zero attached hydrogens (tertiary/aromatic N) is 2. The quantitative estimate of drug-likeness (QED) is 0.780. The van der Waals surface area contributed by atoms with E-state index in [1.54, 1.807) is 13.1 Å². The van der Waals surface area contributed by atoms with Gasteiger partial charge in [-0.3, -0.25) is 4.79 Å². The molecule has 0 spiro atoms.